The lowest BCUT2D eigenvalue weighted by molar-refractivity contribution is -0.113. The summed E-state index contributed by atoms with van der Waals surface area (Å²) in [6, 6.07) is 7.22. The molecule has 0 aliphatic carbocycles. The number of aliphatic hydroxyl groups is 1. The van der Waals surface area contributed by atoms with Gasteiger partial charge in [-0.3, -0.25) is 4.79 Å². The first kappa shape index (κ1) is 9.32. The molecule has 1 aromatic rings. The average Bonchev–Trinajstić information content (AvgIpc) is 2.03. The summed E-state index contributed by atoms with van der Waals surface area (Å²) in [6.45, 7) is 1.85. The number of rotatable bonds is 2. The fourth-order valence-corrected chi connectivity index (χ4v) is 1.07. The van der Waals surface area contributed by atoms with Gasteiger partial charge in [0.1, 0.15) is 5.76 Å². The third-order valence-corrected chi connectivity index (χ3v) is 1.70. The molecule has 0 radical (unpaired) electrons. The summed E-state index contributed by atoms with van der Waals surface area (Å²) in [6.07, 6.45) is 1.00. The van der Waals surface area contributed by atoms with Crippen molar-refractivity contribution < 1.29 is 9.90 Å². The monoisotopic (exact) mass is 177 g/mol. The second-order valence-electron chi connectivity index (χ2n) is 2.75. The van der Waals surface area contributed by atoms with E-state index >= 15 is 0 Å². The lowest BCUT2D eigenvalue weighted by Crippen LogP contribution is -2.07. The molecule has 1 rings (SSSR count). The zero-order valence-corrected chi connectivity index (χ0v) is 7.32. The van der Waals surface area contributed by atoms with Gasteiger partial charge in [-0.05, 0) is 12.5 Å². The fraction of sp³-hybridized carbons (Fsp3) is 0.100. The molecule has 68 valence electrons. The molecule has 1 amide bonds. The SMILES string of the molecule is Cc1ccccc1C(O)=CC(N)=O. The average molecular weight is 177 g/mol. The number of benzene rings is 1. The molecule has 0 unspecified atom stereocenters. The van der Waals surface area contributed by atoms with Crippen molar-refractivity contribution in [3.05, 3.63) is 41.5 Å². The minimum Gasteiger partial charge on any atom is -0.507 e. The van der Waals surface area contributed by atoms with E-state index in [-0.39, 0.29) is 5.76 Å². The molecule has 3 N–H and O–H groups in total. The smallest absolute Gasteiger partial charge is 0.245 e. The number of hydrogen-bond donors (Lipinski definition) is 2. The molecule has 0 aliphatic heterocycles. The van der Waals surface area contributed by atoms with Gasteiger partial charge in [-0.1, -0.05) is 24.3 Å². The van der Waals surface area contributed by atoms with E-state index < -0.39 is 5.91 Å². The third kappa shape index (κ3) is 2.33. The molecule has 0 spiro atoms. The fourth-order valence-electron chi connectivity index (χ4n) is 1.07. The van der Waals surface area contributed by atoms with E-state index in [2.05, 4.69) is 0 Å². The quantitative estimate of drug-likeness (QED) is 0.529. The highest BCUT2D eigenvalue weighted by Gasteiger charge is 2.02. The van der Waals surface area contributed by atoms with Gasteiger partial charge in [0.05, 0.1) is 0 Å². The number of carbonyl (C=O) groups is 1. The lowest BCUT2D eigenvalue weighted by atomic mass is 10.1. The van der Waals surface area contributed by atoms with Crippen molar-refractivity contribution in [2.45, 2.75) is 6.92 Å². The summed E-state index contributed by atoms with van der Waals surface area (Å²) in [4.78, 5) is 10.5. The maximum absolute atomic E-state index is 10.5. The van der Waals surface area contributed by atoms with Gasteiger partial charge in [0.2, 0.25) is 5.91 Å². The Labute approximate surface area is 76.5 Å². The van der Waals surface area contributed by atoms with Crippen LogP contribution in [0.4, 0.5) is 0 Å². The first-order valence-corrected chi connectivity index (χ1v) is 3.87. The van der Waals surface area contributed by atoms with Crippen molar-refractivity contribution >= 4 is 11.7 Å². The molecule has 0 atom stereocenters. The minimum absolute atomic E-state index is 0.0920. The molecule has 0 aliphatic rings. The summed E-state index contributed by atoms with van der Waals surface area (Å²) in [5.74, 6) is -0.744. The normalized spacial score (nSPS) is 11.3. The molecule has 1 aromatic carbocycles. The molecule has 0 saturated carbocycles. The highest BCUT2D eigenvalue weighted by Crippen LogP contribution is 2.15. The van der Waals surface area contributed by atoms with Crippen LogP contribution in [0.5, 0.6) is 0 Å². The first-order chi connectivity index (χ1) is 6.11. The van der Waals surface area contributed by atoms with Crippen molar-refractivity contribution in [2.75, 3.05) is 0 Å². The van der Waals surface area contributed by atoms with Crippen LogP contribution in [0.15, 0.2) is 30.3 Å². The predicted molar refractivity (Wildman–Crippen MR) is 51.0 cm³/mol. The summed E-state index contributed by atoms with van der Waals surface area (Å²) >= 11 is 0. The molecule has 0 bridgehead atoms. The molecule has 0 heterocycles. The van der Waals surface area contributed by atoms with E-state index in [1.54, 1.807) is 12.1 Å². The van der Waals surface area contributed by atoms with Gasteiger partial charge in [-0.15, -0.1) is 0 Å². The van der Waals surface area contributed by atoms with Crippen molar-refractivity contribution in [3.63, 3.8) is 0 Å². The minimum atomic E-state index is -0.652. The molecule has 0 aromatic heterocycles. The Kier molecular flexibility index (Phi) is 2.69. The van der Waals surface area contributed by atoms with E-state index in [0.29, 0.717) is 5.56 Å². The molecule has 0 fully saturated rings. The van der Waals surface area contributed by atoms with Crippen LogP contribution in [-0.2, 0) is 4.79 Å². The van der Waals surface area contributed by atoms with Crippen LogP contribution >= 0.6 is 0 Å². The largest absolute Gasteiger partial charge is 0.507 e. The topological polar surface area (TPSA) is 63.3 Å². The number of aliphatic hydroxyl groups excluding tert-OH is 1. The van der Waals surface area contributed by atoms with Crippen LogP contribution in [0, 0.1) is 6.92 Å². The van der Waals surface area contributed by atoms with E-state index in [9.17, 15) is 9.90 Å². The number of aryl methyl sites for hydroxylation is 1. The maximum atomic E-state index is 10.5. The summed E-state index contributed by atoms with van der Waals surface area (Å²) in [5, 5.41) is 9.43. The van der Waals surface area contributed by atoms with Gasteiger partial charge in [0, 0.05) is 11.6 Å². The van der Waals surface area contributed by atoms with Crippen LogP contribution in [0.3, 0.4) is 0 Å². The molecule has 3 nitrogen and oxygen atoms in total. The van der Waals surface area contributed by atoms with Crippen molar-refractivity contribution in [1.29, 1.82) is 0 Å². The van der Waals surface area contributed by atoms with Crippen LogP contribution in [-0.4, -0.2) is 11.0 Å². The number of nitrogens with two attached hydrogens (primary N) is 1. The summed E-state index contributed by atoms with van der Waals surface area (Å²) < 4.78 is 0. The van der Waals surface area contributed by atoms with Gasteiger partial charge >= 0.3 is 0 Å². The van der Waals surface area contributed by atoms with Gasteiger partial charge in [-0.25, -0.2) is 0 Å². The number of hydrogen-bond acceptors (Lipinski definition) is 2. The zero-order valence-electron chi connectivity index (χ0n) is 7.32. The van der Waals surface area contributed by atoms with Gasteiger partial charge in [-0.2, -0.15) is 0 Å². The lowest BCUT2D eigenvalue weighted by Gasteiger charge is -2.02. The van der Waals surface area contributed by atoms with E-state index in [1.807, 2.05) is 19.1 Å². The van der Waals surface area contributed by atoms with E-state index in [0.717, 1.165) is 11.6 Å². The van der Waals surface area contributed by atoms with Crippen molar-refractivity contribution in [2.24, 2.45) is 5.73 Å². The molecular weight excluding hydrogens is 166 g/mol. The highest BCUT2D eigenvalue weighted by molar-refractivity contribution is 5.92. The Balaban J connectivity index is 3.08. The Bertz CT molecular complexity index is 356. The zero-order chi connectivity index (χ0) is 9.84. The molecule has 3 heteroatoms. The Morgan fingerprint density at radius 3 is 2.62 bits per heavy atom. The Morgan fingerprint density at radius 1 is 1.46 bits per heavy atom. The Hall–Kier alpha value is -1.77. The maximum Gasteiger partial charge on any atom is 0.245 e. The summed E-state index contributed by atoms with van der Waals surface area (Å²) in [5.41, 5.74) is 6.43. The standard InChI is InChI=1S/C10H11NO2/c1-7-4-2-3-5-8(7)9(12)6-10(11)13/h2-6,12H,1H3,(H2,11,13). The van der Waals surface area contributed by atoms with Crippen LogP contribution in [0.2, 0.25) is 0 Å². The van der Waals surface area contributed by atoms with E-state index in [4.69, 9.17) is 5.73 Å². The van der Waals surface area contributed by atoms with Crippen molar-refractivity contribution in [3.8, 4) is 0 Å². The highest BCUT2D eigenvalue weighted by atomic mass is 16.3. The van der Waals surface area contributed by atoms with Gasteiger partial charge < -0.3 is 10.8 Å². The van der Waals surface area contributed by atoms with Crippen LogP contribution in [0.25, 0.3) is 5.76 Å². The van der Waals surface area contributed by atoms with Crippen LogP contribution < -0.4 is 5.73 Å². The molecule has 13 heavy (non-hydrogen) atoms. The number of primary amides is 1. The third-order valence-electron chi connectivity index (χ3n) is 1.70. The first-order valence-electron chi connectivity index (χ1n) is 3.87. The predicted octanol–water partition coefficient (Wildman–Crippen LogP) is 1.38. The van der Waals surface area contributed by atoms with Crippen LogP contribution in [0.1, 0.15) is 11.1 Å². The van der Waals surface area contributed by atoms with Gasteiger partial charge in [0.25, 0.3) is 0 Å². The number of carbonyl (C=O) groups excluding carboxylic acids is 1. The molecular formula is C10H11NO2. The van der Waals surface area contributed by atoms with Crippen molar-refractivity contribution in [1.82, 2.24) is 0 Å². The molecule has 0 saturated heterocycles. The summed E-state index contributed by atoms with van der Waals surface area (Å²) in [7, 11) is 0. The van der Waals surface area contributed by atoms with E-state index in [1.165, 1.54) is 0 Å². The number of amides is 1. The Morgan fingerprint density at radius 2 is 2.08 bits per heavy atom. The second kappa shape index (κ2) is 3.76. The second-order valence-corrected chi connectivity index (χ2v) is 2.75. The van der Waals surface area contributed by atoms with Gasteiger partial charge in [0.15, 0.2) is 0 Å².